The largest absolute Gasteiger partial charge is 0.377 e. The Balaban J connectivity index is 2.08. The third-order valence-corrected chi connectivity index (χ3v) is 3.78. The van der Waals surface area contributed by atoms with Crippen molar-refractivity contribution in [1.82, 2.24) is 0 Å². The monoisotopic (exact) mass is 169 g/mol. The van der Waals surface area contributed by atoms with Gasteiger partial charge in [-0.1, -0.05) is 12.8 Å². The van der Waals surface area contributed by atoms with Crippen molar-refractivity contribution in [3.05, 3.63) is 0 Å². The molecule has 2 bridgehead atoms. The summed E-state index contributed by atoms with van der Waals surface area (Å²) >= 11 is 0. The van der Waals surface area contributed by atoms with Crippen molar-refractivity contribution in [2.45, 2.75) is 37.7 Å². The number of nitrogens with two attached hydrogens (primary N) is 1. The molecular weight excluding hydrogens is 150 g/mol. The summed E-state index contributed by atoms with van der Waals surface area (Å²) in [6, 6.07) is 0. The van der Waals surface area contributed by atoms with E-state index < -0.39 is 0 Å². The first kappa shape index (κ1) is 8.52. The molecule has 0 amide bonds. The van der Waals surface area contributed by atoms with E-state index in [-0.39, 0.29) is 5.60 Å². The van der Waals surface area contributed by atoms with Crippen LogP contribution in [0.1, 0.15) is 32.1 Å². The molecule has 2 aliphatic rings. The summed E-state index contributed by atoms with van der Waals surface area (Å²) < 4.78 is 5.58. The van der Waals surface area contributed by atoms with Crippen LogP contribution in [0.2, 0.25) is 0 Å². The van der Waals surface area contributed by atoms with E-state index in [9.17, 15) is 0 Å². The topological polar surface area (TPSA) is 35.2 Å². The molecule has 0 saturated heterocycles. The first-order chi connectivity index (χ1) is 5.78. The van der Waals surface area contributed by atoms with Gasteiger partial charge in [0.1, 0.15) is 0 Å². The molecule has 2 nitrogen and oxygen atoms in total. The Kier molecular flexibility index (Phi) is 2.13. The number of fused-ring (bicyclic) bond motifs is 2. The van der Waals surface area contributed by atoms with Crippen LogP contribution in [0.3, 0.4) is 0 Å². The van der Waals surface area contributed by atoms with E-state index in [0.717, 1.165) is 11.8 Å². The molecule has 2 fully saturated rings. The van der Waals surface area contributed by atoms with Crippen LogP contribution in [0, 0.1) is 11.8 Å². The minimum Gasteiger partial charge on any atom is -0.377 e. The van der Waals surface area contributed by atoms with Gasteiger partial charge in [-0.05, 0) is 31.1 Å². The SMILES string of the molecule is COC1(CN)CC2CCC(C2)C1. The van der Waals surface area contributed by atoms with E-state index >= 15 is 0 Å². The smallest absolute Gasteiger partial charge is 0.0805 e. The van der Waals surface area contributed by atoms with Crippen molar-refractivity contribution in [2.75, 3.05) is 13.7 Å². The highest BCUT2D eigenvalue weighted by atomic mass is 16.5. The third-order valence-electron chi connectivity index (χ3n) is 3.78. The predicted molar refractivity (Wildman–Crippen MR) is 48.9 cm³/mol. The fourth-order valence-corrected chi connectivity index (χ4v) is 3.10. The van der Waals surface area contributed by atoms with Crippen molar-refractivity contribution in [2.24, 2.45) is 17.6 Å². The summed E-state index contributed by atoms with van der Waals surface area (Å²) in [7, 11) is 1.82. The molecule has 0 spiro atoms. The number of rotatable bonds is 2. The van der Waals surface area contributed by atoms with Crippen molar-refractivity contribution in [3.8, 4) is 0 Å². The molecule has 0 radical (unpaired) electrons. The third kappa shape index (κ3) is 1.27. The highest BCUT2D eigenvalue weighted by Crippen LogP contribution is 2.47. The summed E-state index contributed by atoms with van der Waals surface area (Å²) in [6.07, 6.45) is 6.67. The quantitative estimate of drug-likeness (QED) is 0.680. The van der Waals surface area contributed by atoms with Crippen molar-refractivity contribution < 1.29 is 4.74 Å². The molecule has 0 aliphatic heterocycles. The van der Waals surface area contributed by atoms with Crippen molar-refractivity contribution in [1.29, 1.82) is 0 Å². The Morgan fingerprint density at radius 2 is 1.92 bits per heavy atom. The van der Waals surface area contributed by atoms with Crippen LogP contribution in [0.15, 0.2) is 0 Å². The molecule has 2 N–H and O–H groups in total. The van der Waals surface area contributed by atoms with Gasteiger partial charge in [0.05, 0.1) is 5.60 Å². The average molecular weight is 169 g/mol. The van der Waals surface area contributed by atoms with Gasteiger partial charge in [0.15, 0.2) is 0 Å². The zero-order valence-electron chi connectivity index (χ0n) is 7.88. The molecular formula is C10H19NO. The normalized spacial score (nSPS) is 46.5. The second-order valence-corrected chi connectivity index (χ2v) is 4.54. The van der Waals surface area contributed by atoms with Gasteiger partial charge < -0.3 is 10.5 Å². The molecule has 2 atom stereocenters. The standard InChI is InChI=1S/C10H19NO/c1-12-10(7-11)5-8-2-3-9(4-8)6-10/h8-9H,2-7,11H2,1H3. The summed E-state index contributed by atoms with van der Waals surface area (Å²) in [6.45, 7) is 0.705. The fourth-order valence-electron chi connectivity index (χ4n) is 3.10. The molecule has 0 aromatic carbocycles. The van der Waals surface area contributed by atoms with Gasteiger partial charge in [0.2, 0.25) is 0 Å². The lowest BCUT2D eigenvalue weighted by molar-refractivity contribution is -0.0508. The first-order valence-corrected chi connectivity index (χ1v) is 5.03. The van der Waals surface area contributed by atoms with Crippen LogP contribution in [0.25, 0.3) is 0 Å². The molecule has 12 heavy (non-hydrogen) atoms. The number of hydrogen-bond donors (Lipinski definition) is 1. The highest BCUT2D eigenvalue weighted by Gasteiger charge is 2.43. The summed E-state index contributed by atoms with van der Waals surface area (Å²) in [4.78, 5) is 0. The molecule has 0 aromatic heterocycles. The Hall–Kier alpha value is -0.0800. The van der Waals surface area contributed by atoms with Crippen LogP contribution < -0.4 is 5.73 Å². The van der Waals surface area contributed by atoms with Crippen LogP contribution in [0.4, 0.5) is 0 Å². The second kappa shape index (κ2) is 3.00. The zero-order chi connectivity index (χ0) is 8.60. The molecule has 0 heterocycles. The number of methoxy groups -OCH3 is 1. The maximum absolute atomic E-state index is 5.78. The summed E-state index contributed by atoms with van der Waals surface area (Å²) in [5, 5.41) is 0. The maximum atomic E-state index is 5.78. The Morgan fingerprint density at radius 3 is 2.33 bits per heavy atom. The second-order valence-electron chi connectivity index (χ2n) is 4.54. The lowest BCUT2D eigenvalue weighted by atomic mass is 9.77. The Bertz CT molecular complexity index is 151. The van der Waals surface area contributed by atoms with E-state index in [1.807, 2.05) is 7.11 Å². The van der Waals surface area contributed by atoms with Crippen LogP contribution in [-0.2, 0) is 4.74 Å². The molecule has 0 aromatic rings. The lowest BCUT2D eigenvalue weighted by Crippen LogP contribution is -2.44. The summed E-state index contributed by atoms with van der Waals surface area (Å²) in [5.74, 6) is 1.82. The van der Waals surface area contributed by atoms with Gasteiger partial charge in [0.25, 0.3) is 0 Å². The van der Waals surface area contributed by atoms with E-state index in [2.05, 4.69) is 0 Å². The van der Waals surface area contributed by atoms with Crippen molar-refractivity contribution >= 4 is 0 Å². The number of ether oxygens (including phenoxy) is 1. The number of hydrogen-bond acceptors (Lipinski definition) is 2. The van der Waals surface area contributed by atoms with Crippen LogP contribution in [0.5, 0.6) is 0 Å². The van der Waals surface area contributed by atoms with E-state index in [1.165, 1.54) is 32.1 Å². The minimum atomic E-state index is 0.0457. The minimum absolute atomic E-state index is 0.0457. The van der Waals surface area contributed by atoms with Gasteiger partial charge in [-0.15, -0.1) is 0 Å². The highest BCUT2D eigenvalue weighted by molar-refractivity contribution is 4.96. The Labute approximate surface area is 74.5 Å². The molecule has 70 valence electrons. The van der Waals surface area contributed by atoms with Crippen molar-refractivity contribution in [3.63, 3.8) is 0 Å². The molecule has 2 unspecified atom stereocenters. The predicted octanol–water partition coefficient (Wildman–Crippen LogP) is 1.54. The zero-order valence-corrected chi connectivity index (χ0v) is 7.88. The van der Waals surface area contributed by atoms with Crippen LogP contribution >= 0.6 is 0 Å². The fraction of sp³-hybridized carbons (Fsp3) is 1.00. The molecule has 2 rings (SSSR count). The van der Waals surface area contributed by atoms with Gasteiger partial charge in [-0.2, -0.15) is 0 Å². The van der Waals surface area contributed by atoms with Crippen LogP contribution in [-0.4, -0.2) is 19.3 Å². The molecule has 2 heteroatoms. The molecule has 2 saturated carbocycles. The van der Waals surface area contributed by atoms with E-state index in [0.29, 0.717) is 6.54 Å². The van der Waals surface area contributed by atoms with Gasteiger partial charge in [-0.25, -0.2) is 0 Å². The van der Waals surface area contributed by atoms with Gasteiger partial charge in [0, 0.05) is 13.7 Å². The summed E-state index contributed by atoms with van der Waals surface area (Å²) in [5.41, 5.74) is 5.82. The van der Waals surface area contributed by atoms with E-state index in [4.69, 9.17) is 10.5 Å². The van der Waals surface area contributed by atoms with E-state index in [1.54, 1.807) is 0 Å². The molecule has 2 aliphatic carbocycles. The average Bonchev–Trinajstić information content (AvgIpc) is 2.46. The van der Waals surface area contributed by atoms with Gasteiger partial charge in [-0.3, -0.25) is 0 Å². The van der Waals surface area contributed by atoms with Gasteiger partial charge >= 0.3 is 0 Å². The Morgan fingerprint density at radius 1 is 1.33 bits per heavy atom. The lowest BCUT2D eigenvalue weighted by Gasteiger charge is -2.38. The maximum Gasteiger partial charge on any atom is 0.0805 e. The first-order valence-electron chi connectivity index (χ1n) is 5.03.